The first-order valence-corrected chi connectivity index (χ1v) is 7.67. The highest BCUT2D eigenvalue weighted by Crippen LogP contribution is 2.32. The predicted molar refractivity (Wildman–Crippen MR) is 94.6 cm³/mol. The Kier molecular flexibility index (Phi) is 4.17. The molecule has 0 amide bonds. The lowest BCUT2D eigenvalue weighted by Gasteiger charge is -2.14. The highest BCUT2D eigenvalue weighted by molar-refractivity contribution is 5.96. The van der Waals surface area contributed by atoms with Crippen LogP contribution in [-0.2, 0) is 6.42 Å². The number of nitrogens with zero attached hydrogens (tertiary/aromatic N) is 1. The van der Waals surface area contributed by atoms with Crippen molar-refractivity contribution < 1.29 is 5.11 Å². The minimum atomic E-state index is -0.155. The molecule has 3 N–H and O–H groups in total. The van der Waals surface area contributed by atoms with E-state index >= 15 is 0 Å². The van der Waals surface area contributed by atoms with Gasteiger partial charge < -0.3 is 15.4 Å². The van der Waals surface area contributed by atoms with Gasteiger partial charge in [0.1, 0.15) is 5.76 Å². The predicted octanol–water partition coefficient (Wildman–Crippen LogP) is 3.74. The van der Waals surface area contributed by atoms with Crippen LogP contribution in [0.15, 0.2) is 55.1 Å². The van der Waals surface area contributed by atoms with Crippen molar-refractivity contribution in [3.63, 3.8) is 0 Å². The number of para-hydroxylation sites is 1. The van der Waals surface area contributed by atoms with Gasteiger partial charge in [-0.05, 0) is 43.7 Å². The smallest absolute Gasteiger partial charge is 0.102 e. The molecule has 4 nitrogen and oxygen atoms in total. The van der Waals surface area contributed by atoms with Crippen molar-refractivity contribution in [1.29, 1.82) is 0 Å². The summed E-state index contributed by atoms with van der Waals surface area (Å²) in [4.78, 5) is 7.59. The van der Waals surface area contributed by atoms with Crippen molar-refractivity contribution in [1.82, 2.24) is 15.3 Å². The van der Waals surface area contributed by atoms with E-state index in [0.717, 1.165) is 22.3 Å². The summed E-state index contributed by atoms with van der Waals surface area (Å²) in [6.07, 6.45) is 4.30. The molecular weight excluding hydrogens is 286 g/mol. The van der Waals surface area contributed by atoms with Crippen LogP contribution >= 0.6 is 0 Å². The normalized spacial score (nSPS) is 12.4. The van der Waals surface area contributed by atoms with Crippen LogP contribution in [0.25, 0.3) is 22.0 Å². The SMILES string of the molecule is C=C(O)C(Cc1c(C)[nH]c2c(-c3ccncc3)cccc12)NC. The fraction of sp³-hybridized carbons (Fsp3) is 0.211. The monoisotopic (exact) mass is 307 g/mol. The van der Waals surface area contributed by atoms with E-state index in [2.05, 4.69) is 47.0 Å². The van der Waals surface area contributed by atoms with Crippen LogP contribution in [0.5, 0.6) is 0 Å². The first-order valence-electron chi connectivity index (χ1n) is 7.67. The number of aryl methyl sites for hydroxylation is 1. The molecule has 0 aliphatic heterocycles. The molecule has 0 bridgehead atoms. The molecule has 118 valence electrons. The lowest BCUT2D eigenvalue weighted by atomic mass is 9.98. The summed E-state index contributed by atoms with van der Waals surface area (Å²) < 4.78 is 0. The van der Waals surface area contributed by atoms with E-state index in [9.17, 15) is 5.11 Å². The summed E-state index contributed by atoms with van der Waals surface area (Å²) in [6, 6.07) is 10.2. The third-order valence-corrected chi connectivity index (χ3v) is 4.31. The fourth-order valence-corrected chi connectivity index (χ4v) is 3.03. The maximum absolute atomic E-state index is 9.73. The number of benzene rings is 1. The van der Waals surface area contributed by atoms with Crippen molar-refractivity contribution in [3.05, 3.63) is 66.3 Å². The largest absolute Gasteiger partial charge is 0.511 e. The molecule has 2 heterocycles. The maximum atomic E-state index is 9.73. The zero-order valence-electron chi connectivity index (χ0n) is 13.4. The van der Waals surface area contributed by atoms with E-state index < -0.39 is 0 Å². The van der Waals surface area contributed by atoms with Gasteiger partial charge in [-0.1, -0.05) is 24.8 Å². The first kappa shape index (κ1) is 15.3. The molecule has 1 unspecified atom stereocenters. The molecule has 23 heavy (non-hydrogen) atoms. The zero-order chi connectivity index (χ0) is 16.4. The average Bonchev–Trinajstić information content (AvgIpc) is 2.88. The van der Waals surface area contributed by atoms with Crippen LogP contribution in [0.3, 0.4) is 0 Å². The number of rotatable bonds is 5. The van der Waals surface area contributed by atoms with Crippen LogP contribution in [0, 0.1) is 6.92 Å². The zero-order valence-corrected chi connectivity index (χ0v) is 13.4. The second-order valence-corrected chi connectivity index (χ2v) is 5.73. The van der Waals surface area contributed by atoms with Gasteiger partial charge in [0.25, 0.3) is 0 Å². The van der Waals surface area contributed by atoms with Gasteiger partial charge >= 0.3 is 0 Å². The summed E-state index contributed by atoms with van der Waals surface area (Å²) in [7, 11) is 1.83. The third-order valence-electron chi connectivity index (χ3n) is 4.31. The molecule has 3 aromatic rings. The highest BCUT2D eigenvalue weighted by Gasteiger charge is 2.17. The van der Waals surface area contributed by atoms with E-state index in [1.165, 1.54) is 10.9 Å². The van der Waals surface area contributed by atoms with Crippen LogP contribution in [-0.4, -0.2) is 28.2 Å². The molecule has 0 aliphatic rings. The average molecular weight is 307 g/mol. The number of aliphatic hydroxyl groups is 1. The second kappa shape index (κ2) is 6.26. The van der Waals surface area contributed by atoms with Gasteiger partial charge in [0.15, 0.2) is 0 Å². The summed E-state index contributed by atoms with van der Waals surface area (Å²) in [5.41, 5.74) is 5.72. The number of hydrogen-bond acceptors (Lipinski definition) is 3. The Labute approximate surface area is 135 Å². The van der Waals surface area contributed by atoms with Crippen molar-refractivity contribution in [2.75, 3.05) is 7.05 Å². The van der Waals surface area contributed by atoms with Gasteiger partial charge in [0.2, 0.25) is 0 Å². The standard InChI is InChI=1S/C19H21N3O/c1-12-17(11-18(20-3)13(2)23)16-6-4-5-15(19(16)22-12)14-7-9-21-10-8-14/h4-10,18,20,22-23H,2,11H2,1,3H3. The molecule has 0 aliphatic carbocycles. The maximum Gasteiger partial charge on any atom is 0.102 e. The number of likely N-dealkylation sites (N-methyl/N-ethyl adjacent to an activating group) is 1. The van der Waals surface area contributed by atoms with Crippen LogP contribution in [0.1, 0.15) is 11.3 Å². The quantitative estimate of drug-likeness (QED) is 0.629. The third kappa shape index (κ3) is 2.85. The Morgan fingerprint density at radius 3 is 2.70 bits per heavy atom. The van der Waals surface area contributed by atoms with Crippen molar-refractivity contribution in [3.8, 4) is 11.1 Å². The lowest BCUT2D eigenvalue weighted by molar-refractivity contribution is 0.349. The molecule has 0 saturated carbocycles. The highest BCUT2D eigenvalue weighted by atomic mass is 16.3. The van der Waals surface area contributed by atoms with Gasteiger partial charge in [-0.2, -0.15) is 0 Å². The number of fused-ring (bicyclic) bond motifs is 1. The Morgan fingerprint density at radius 2 is 2.04 bits per heavy atom. The number of hydrogen-bond donors (Lipinski definition) is 3. The topological polar surface area (TPSA) is 60.9 Å². The Balaban J connectivity index is 2.12. The van der Waals surface area contributed by atoms with Crippen molar-refractivity contribution in [2.45, 2.75) is 19.4 Å². The van der Waals surface area contributed by atoms with E-state index in [1.807, 2.05) is 19.2 Å². The molecule has 0 spiro atoms. The Bertz CT molecular complexity index is 836. The molecule has 3 rings (SSSR count). The summed E-state index contributed by atoms with van der Waals surface area (Å²) >= 11 is 0. The molecule has 0 saturated heterocycles. The van der Waals surface area contributed by atoms with E-state index in [0.29, 0.717) is 6.42 Å². The molecule has 0 radical (unpaired) electrons. The van der Waals surface area contributed by atoms with Gasteiger partial charge in [-0.25, -0.2) is 0 Å². The minimum absolute atomic E-state index is 0.155. The number of pyridine rings is 1. The van der Waals surface area contributed by atoms with Crippen LogP contribution in [0.4, 0.5) is 0 Å². The number of nitrogens with one attached hydrogen (secondary N) is 2. The first-order chi connectivity index (χ1) is 11.1. The fourth-order valence-electron chi connectivity index (χ4n) is 3.03. The second-order valence-electron chi connectivity index (χ2n) is 5.73. The number of aromatic nitrogens is 2. The van der Waals surface area contributed by atoms with Crippen molar-refractivity contribution in [2.24, 2.45) is 0 Å². The van der Waals surface area contributed by atoms with Gasteiger partial charge in [0.05, 0.1) is 11.6 Å². The minimum Gasteiger partial charge on any atom is -0.511 e. The number of aromatic amines is 1. The summed E-state index contributed by atoms with van der Waals surface area (Å²) in [5.74, 6) is 0.159. The molecular formula is C19H21N3O. The molecule has 0 fully saturated rings. The summed E-state index contributed by atoms with van der Waals surface area (Å²) in [5, 5.41) is 14.0. The van der Waals surface area contributed by atoms with Gasteiger partial charge in [-0.15, -0.1) is 0 Å². The van der Waals surface area contributed by atoms with E-state index in [1.54, 1.807) is 12.4 Å². The Hall–Kier alpha value is -2.59. The van der Waals surface area contributed by atoms with E-state index in [-0.39, 0.29) is 11.8 Å². The van der Waals surface area contributed by atoms with E-state index in [4.69, 9.17) is 0 Å². The molecule has 2 aromatic heterocycles. The van der Waals surface area contributed by atoms with Crippen LogP contribution < -0.4 is 5.32 Å². The molecule has 4 heteroatoms. The van der Waals surface area contributed by atoms with Crippen molar-refractivity contribution >= 4 is 10.9 Å². The van der Waals surface area contributed by atoms with Crippen LogP contribution in [0.2, 0.25) is 0 Å². The summed E-state index contributed by atoms with van der Waals surface area (Å²) in [6.45, 7) is 5.73. The number of H-pyrrole nitrogens is 1. The number of aliphatic hydroxyl groups excluding tert-OH is 1. The van der Waals surface area contributed by atoms with Gasteiger partial charge in [0, 0.05) is 29.0 Å². The molecule has 1 aromatic carbocycles. The molecule has 1 atom stereocenters. The Morgan fingerprint density at radius 1 is 1.30 bits per heavy atom. The van der Waals surface area contributed by atoms with Gasteiger partial charge in [-0.3, -0.25) is 4.98 Å². The lowest BCUT2D eigenvalue weighted by Crippen LogP contribution is -2.29.